The third kappa shape index (κ3) is 23.1. The molecule has 0 heterocycles. The molecular weight excluding hydrogens is 671 g/mol. The molecule has 0 saturated carbocycles. The van der Waals surface area contributed by atoms with Crippen LogP contribution in [0, 0.1) is 6.92 Å². The highest BCUT2D eigenvalue weighted by molar-refractivity contribution is 7.53. The Balaban J connectivity index is 2.53. The lowest BCUT2D eigenvalue weighted by atomic mass is 9.81. The summed E-state index contributed by atoms with van der Waals surface area (Å²) >= 11 is 0. The van der Waals surface area contributed by atoms with Gasteiger partial charge in [0, 0.05) is 0 Å². The molecule has 0 radical (unpaired) electrons. The van der Waals surface area contributed by atoms with Gasteiger partial charge in [0.2, 0.25) is 0 Å². The summed E-state index contributed by atoms with van der Waals surface area (Å²) in [5, 5.41) is 9.57. The Morgan fingerprint density at radius 2 is 0.755 bits per heavy atom. The molecular formula is C48H91O4P. The maximum absolute atomic E-state index is 13.6. The highest BCUT2D eigenvalue weighted by Gasteiger charge is 2.48. The predicted octanol–water partition coefficient (Wildman–Crippen LogP) is 16.7. The first-order valence-corrected chi connectivity index (χ1v) is 25.2. The minimum atomic E-state index is -4.47. The smallest absolute Gasteiger partial charge is 0.336 e. The summed E-state index contributed by atoms with van der Waals surface area (Å²) in [4.78, 5) is 22.2. The summed E-state index contributed by atoms with van der Waals surface area (Å²) in [6.07, 6.45) is 45.4. The fourth-order valence-electron chi connectivity index (χ4n) is 8.63. The second kappa shape index (κ2) is 33.3. The van der Waals surface area contributed by atoms with Crippen molar-refractivity contribution in [3.8, 4) is 5.75 Å². The van der Waals surface area contributed by atoms with Crippen LogP contribution in [-0.2, 0) is 16.1 Å². The molecule has 0 saturated heterocycles. The number of rotatable bonds is 39. The van der Waals surface area contributed by atoms with E-state index in [4.69, 9.17) is 0 Å². The normalized spacial score (nSPS) is 13.2. The van der Waals surface area contributed by atoms with Gasteiger partial charge in [0.15, 0.2) is 0 Å². The molecule has 0 amide bonds. The Hall–Kier alpha value is -0.830. The van der Waals surface area contributed by atoms with Crippen molar-refractivity contribution in [1.82, 2.24) is 0 Å². The van der Waals surface area contributed by atoms with Crippen molar-refractivity contribution in [2.75, 3.05) is 0 Å². The standard InChI is InChI=1S/C48H91O4P/c1-5-8-11-13-15-17-19-21-23-25-27-29-31-33-35-37-39-45-44(4)47(49)41-40-46(45)48(42-10-7-3,53(50,51)52)43-38-36-34-32-30-28-26-24-22-20-18-16-14-12-9-6-2/h40-41,49H,5-39,42-43H2,1-4H3,(H2,50,51,52). The van der Waals surface area contributed by atoms with Crippen LogP contribution < -0.4 is 0 Å². The van der Waals surface area contributed by atoms with Crippen LogP contribution in [-0.4, -0.2) is 14.9 Å². The molecule has 4 nitrogen and oxygen atoms in total. The van der Waals surface area contributed by atoms with E-state index in [-0.39, 0.29) is 5.75 Å². The van der Waals surface area contributed by atoms with E-state index in [9.17, 15) is 19.5 Å². The van der Waals surface area contributed by atoms with E-state index in [2.05, 4.69) is 20.8 Å². The molecule has 5 heteroatoms. The molecule has 0 aliphatic rings. The van der Waals surface area contributed by atoms with E-state index in [0.29, 0.717) is 12.8 Å². The summed E-state index contributed by atoms with van der Waals surface area (Å²) in [5.41, 5.74) is 2.62. The van der Waals surface area contributed by atoms with Crippen molar-refractivity contribution >= 4 is 7.60 Å². The largest absolute Gasteiger partial charge is 0.508 e. The molecule has 0 bridgehead atoms. The lowest BCUT2D eigenvalue weighted by molar-refractivity contribution is 0.298. The summed E-state index contributed by atoms with van der Waals surface area (Å²) in [6.45, 7) is 8.62. The first-order valence-electron chi connectivity index (χ1n) is 23.6. The van der Waals surface area contributed by atoms with Gasteiger partial charge in [-0.25, -0.2) is 0 Å². The molecule has 1 rings (SSSR count). The van der Waals surface area contributed by atoms with Crippen molar-refractivity contribution in [2.45, 2.75) is 270 Å². The van der Waals surface area contributed by atoms with E-state index in [1.807, 2.05) is 13.0 Å². The Bertz CT molecular complexity index is 1020. The van der Waals surface area contributed by atoms with Gasteiger partial charge in [-0.15, -0.1) is 0 Å². The van der Waals surface area contributed by atoms with Gasteiger partial charge in [-0.1, -0.05) is 239 Å². The average molecular weight is 763 g/mol. The van der Waals surface area contributed by atoms with Crippen LogP contribution in [0.25, 0.3) is 0 Å². The predicted molar refractivity (Wildman–Crippen MR) is 234 cm³/mol. The Kier molecular flexibility index (Phi) is 31.6. The fraction of sp³-hybridized carbons (Fsp3) is 0.875. The first kappa shape index (κ1) is 50.2. The number of unbranched alkanes of at least 4 members (excludes halogenated alkanes) is 31. The molecule has 0 aliphatic carbocycles. The summed E-state index contributed by atoms with van der Waals surface area (Å²) in [7, 11) is -4.47. The highest BCUT2D eigenvalue weighted by atomic mass is 31.2. The topological polar surface area (TPSA) is 77.8 Å². The monoisotopic (exact) mass is 763 g/mol. The van der Waals surface area contributed by atoms with Gasteiger partial charge in [-0.2, -0.15) is 0 Å². The molecule has 0 spiro atoms. The molecule has 1 atom stereocenters. The van der Waals surface area contributed by atoms with Crippen LogP contribution in [0.3, 0.4) is 0 Å². The van der Waals surface area contributed by atoms with Gasteiger partial charge in [0.05, 0.1) is 5.16 Å². The van der Waals surface area contributed by atoms with Crippen LogP contribution in [0.5, 0.6) is 5.75 Å². The van der Waals surface area contributed by atoms with Crippen molar-refractivity contribution in [2.24, 2.45) is 0 Å². The molecule has 312 valence electrons. The molecule has 53 heavy (non-hydrogen) atoms. The molecule has 1 aromatic rings. The average Bonchev–Trinajstić information content (AvgIpc) is 3.13. The number of benzene rings is 1. The second-order valence-corrected chi connectivity index (χ2v) is 19.0. The number of hydrogen-bond acceptors (Lipinski definition) is 2. The van der Waals surface area contributed by atoms with E-state index >= 15 is 0 Å². The Morgan fingerprint density at radius 3 is 1.09 bits per heavy atom. The van der Waals surface area contributed by atoms with Gasteiger partial charge in [0.1, 0.15) is 5.75 Å². The fourth-order valence-corrected chi connectivity index (χ4v) is 10.1. The van der Waals surface area contributed by atoms with E-state index < -0.39 is 12.8 Å². The summed E-state index contributed by atoms with van der Waals surface area (Å²) in [5.74, 6) is 0.248. The van der Waals surface area contributed by atoms with Crippen molar-refractivity contribution < 1.29 is 19.5 Å². The molecule has 1 aromatic carbocycles. The molecule has 0 aliphatic heterocycles. The van der Waals surface area contributed by atoms with Crippen LogP contribution in [0.15, 0.2) is 12.1 Å². The number of hydrogen-bond donors (Lipinski definition) is 3. The maximum atomic E-state index is 13.6. The number of aromatic hydroxyl groups is 1. The van der Waals surface area contributed by atoms with E-state index in [1.54, 1.807) is 6.07 Å². The first-order chi connectivity index (χ1) is 25.7. The van der Waals surface area contributed by atoms with Crippen LogP contribution in [0.1, 0.15) is 269 Å². The molecule has 3 N–H and O–H groups in total. The number of phenolic OH excluding ortho intramolecular Hbond substituents is 1. The van der Waals surface area contributed by atoms with Gasteiger partial charge in [-0.05, 0) is 55.4 Å². The van der Waals surface area contributed by atoms with Crippen LogP contribution in [0.2, 0.25) is 0 Å². The number of phenols is 1. The Labute approximate surface area is 331 Å². The quantitative estimate of drug-likeness (QED) is 0.0461. The summed E-state index contributed by atoms with van der Waals surface area (Å²) < 4.78 is 13.6. The lowest BCUT2D eigenvalue weighted by Gasteiger charge is -2.37. The van der Waals surface area contributed by atoms with Crippen molar-refractivity contribution in [3.63, 3.8) is 0 Å². The van der Waals surface area contributed by atoms with Gasteiger partial charge in [0.25, 0.3) is 0 Å². The molecule has 1 unspecified atom stereocenters. The van der Waals surface area contributed by atoms with Crippen molar-refractivity contribution in [1.29, 1.82) is 0 Å². The summed E-state index contributed by atoms with van der Waals surface area (Å²) in [6, 6.07) is 3.55. The van der Waals surface area contributed by atoms with E-state index in [1.165, 1.54) is 173 Å². The zero-order valence-corrected chi connectivity index (χ0v) is 36.9. The minimum absolute atomic E-state index is 0.248. The zero-order valence-electron chi connectivity index (χ0n) is 36.0. The third-order valence-electron chi connectivity index (χ3n) is 12.3. The molecule has 0 fully saturated rings. The minimum Gasteiger partial charge on any atom is -0.508 e. The van der Waals surface area contributed by atoms with Crippen LogP contribution in [0.4, 0.5) is 0 Å². The third-order valence-corrected chi connectivity index (χ3v) is 14.1. The second-order valence-electron chi connectivity index (χ2n) is 17.0. The van der Waals surface area contributed by atoms with Crippen molar-refractivity contribution in [3.05, 3.63) is 28.8 Å². The molecule has 0 aromatic heterocycles. The van der Waals surface area contributed by atoms with Gasteiger partial charge >= 0.3 is 7.60 Å². The van der Waals surface area contributed by atoms with Crippen LogP contribution >= 0.6 is 7.60 Å². The van der Waals surface area contributed by atoms with E-state index in [0.717, 1.165) is 68.1 Å². The lowest BCUT2D eigenvalue weighted by Crippen LogP contribution is -2.28. The Morgan fingerprint density at radius 1 is 0.453 bits per heavy atom. The maximum Gasteiger partial charge on any atom is 0.336 e. The zero-order chi connectivity index (χ0) is 38.9. The van der Waals surface area contributed by atoms with Gasteiger partial charge in [-0.3, -0.25) is 4.57 Å². The highest BCUT2D eigenvalue weighted by Crippen LogP contribution is 2.63. The SMILES string of the molecule is CCCCCCCCCCCCCCCCCCc1c(C(CCCC)(CCCCCCCCCCCCCCCCCC)P(=O)(O)O)ccc(O)c1C. The van der Waals surface area contributed by atoms with Gasteiger partial charge < -0.3 is 14.9 Å².